The number of benzene rings is 1. The average Bonchev–Trinajstić information content (AvgIpc) is 2.76. The first-order valence-corrected chi connectivity index (χ1v) is 5.27. The summed E-state index contributed by atoms with van der Waals surface area (Å²) in [5.74, 6) is -2.29. The van der Waals surface area contributed by atoms with Crippen molar-refractivity contribution < 1.29 is 14.0 Å². The van der Waals surface area contributed by atoms with Crippen LogP contribution in [0.15, 0.2) is 24.3 Å². The maximum atomic E-state index is 13.5. The molecule has 0 saturated carbocycles. The number of hydrogen-bond donors (Lipinski definition) is 2. The highest BCUT2D eigenvalue weighted by Gasteiger charge is 2.22. The molecule has 2 aromatic rings. The Morgan fingerprint density at radius 3 is 2.47 bits per heavy atom. The summed E-state index contributed by atoms with van der Waals surface area (Å²) in [4.78, 5) is 22.4. The van der Waals surface area contributed by atoms with E-state index in [-0.39, 0.29) is 23.5 Å². The molecule has 19 heavy (non-hydrogen) atoms. The molecule has 98 valence electrons. The van der Waals surface area contributed by atoms with Crippen molar-refractivity contribution in [1.29, 1.82) is 0 Å². The Hall–Kier alpha value is -2.77. The van der Waals surface area contributed by atoms with E-state index in [4.69, 9.17) is 11.5 Å². The average molecular weight is 263 g/mol. The zero-order valence-electron chi connectivity index (χ0n) is 9.71. The fourth-order valence-corrected chi connectivity index (χ4v) is 1.62. The molecule has 0 spiro atoms. The summed E-state index contributed by atoms with van der Waals surface area (Å²) in [6.45, 7) is -0.0781. The van der Waals surface area contributed by atoms with Crippen molar-refractivity contribution >= 4 is 11.8 Å². The smallest absolute Gasteiger partial charge is 0.271 e. The van der Waals surface area contributed by atoms with Crippen LogP contribution in [0.2, 0.25) is 0 Å². The molecule has 0 aliphatic heterocycles. The first-order chi connectivity index (χ1) is 9.00. The standard InChI is InChI=1S/C11H10FN5O2/c12-7-4-2-1-3-6(7)5-17-9(11(14)19)8(10(13)18)15-16-17/h1-4H,5H2,(H2,13,18)(H2,14,19). The van der Waals surface area contributed by atoms with Gasteiger partial charge in [0.1, 0.15) is 5.82 Å². The number of nitrogens with zero attached hydrogens (tertiary/aromatic N) is 3. The molecule has 2 amide bonds. The Morgan fingerprint density at radius 1 is 1.21 bits per heavy atom. The number of carbonyl (C=O) groups excluding carboxylic acids is 2. The van der Waals surface area contributed by atoms with E-state index >= 15 is 0 Å². The topological polar surface area (TPSA) is 117 Å². The minimum atomic E-state index is -0.923. The number of hydrogen-bond acceptors (Lipinski definition) is 4. The van der Waals surface area contributed by atoms with E-state index < -0.39 is 17.6 Å². The quantitative estimate of drug-likeness (QED) is 0.784. The molecule has 7 nitrogen and oxygen atoms in total. The van der Waals surface area contributed by atoms with E-state index in [1.807, 2.05) is 0 Å². The van der Waals surface area contributed by atoms with E-state index in [1.165, 1.54) is 18.2 Å². The van der Waals surface area contributed by atoms with E-state index in [9.17, 15) is 14.0 Å². The van der Waals surface area contributed by atoms with E-state index in [0.717, 1.165) is 4.68 Å². The van der Waals surface area contributed by atoms with Gasteiger partial charge in [-0.2, -0.15) is 0 Å². The van der Waals surface area contributed by atoms with Gasteiger partial charge in [0.25, 0.3) is 11.8 Å². The third-order valence-corrected chi connectivity index (χ3v) is 2.48. The van der Waals surface area contributed by atoms with Crippen molar-refractivity contribution in [2.24, 2.45) is 11.5 Å². The lowest BCUT2D eigenvalue weighted by Gasteiger charge is -2.05. The Labute approximate surface area is 107 Å². The first-order valence-electron chi connectivity index (χ1n) is 5.27. The van der Waals surface area contributed by atoms with E-state index in [2.05, 4.69) is 10.3 Å². The van der Waals surface area contributed by atoms with Crippen LogP contribution in [-0.4, -0.2) is 26.8 Å². The van der Waals surface area contributed by atoms with Crippen molar-refractivity contribution in [3.8, 4) is 0 Å². The second-order valence-electron chi connectivity index (χ2n) is 3.76. The lowest BCUT2D eigenvalue weighted by molar-refractivity contribution is 0.0959. The van der Waals surface area contributed by atoms with Gasteiger partial charge in [-0.15, -0.1) is 5.10 Å². The largest absolute Gasteiger partial charge is 0.364 e. The summed E-state index contributed by atoms with van der Waals surface area (Å²) in [6.07, 6.45) is 0. The van der Waals surface area contributed by atoms with Gasteiger partial charge in [0.2, 0.25) is 0 Å². The van der Waals surface area contributed by atoms with Crippen LogP contribution in [-0.2, 0) is 6.54 Å². The lowest BCUT2D eigenvalue weighted by Crippen LogP contribution is -2.23. The molecule has 0 radical (unpaired) electrons. The molecule has 4 N–H and O–H groups in total. The van der Waals surface area contributed by atoms with Crippen LogP contribution in [0, 0.1) is 5.82 Å². The van der Waals surface area contributed by atoms with Crippen molar-refractivity contribution in [2.45, 2.75) is 6.54 Å². The fraction of sp³-hybridized carbons (Fsp3) is 0.0909. The Balaban J connectivity index is 2.44. The van der Waals surface area contributed by atoms with E-state index in [1.54, 1.807) is 6.07 Å². The number of rotatable bonds is 4. The highest BCUT2D eigenvalue weighted by atomic mass is 19.1. The minimum absolute atomic E-state index is 0.0781. The summed E-state index contributed by atoms with van der Waals surface area (Å²) >= 11 is 0. The van der Waals surface area contributed by atoms with Crippen LogP contribution < -0.4 is 11.5 Å². The van der Waals surface area contributed by atoms with Gasteiger partial charge < -0.3 is 11.5 Å². The highest BCUT2D eigenvalue weighted by molar-refractivity contribution is 6.03. The molecule has 1 aromatic heterocycles. The minimum Gasteiger partial charge on any atom is -0.364 e. The molecule has 0 saturated heterocycles. The third-order valence-electron chi connectivity index (χ3n) is 2.48. The Kier molecular flexibility index (Phi) is 3.23. The van der Waals surface area contributed by atoms with Gasteiger partial charge in [0.15, 0.2) is 11.4 Å². The lowest BCUT2D eigenvalue weighted by atomic mass is 10.2. The predicted molar refractivity (Wildman–Crippen MR) is 62.6 cm³/mol. The molecule has 0 aliphatic rings. The molecular formula is C11H10FN5O2. The maximum absolute atomic E-state index is 13.5. The third kappa shape index (κ3) is 2.41. The van der Waals surface area contributed by atoms with Crippen molar-refractivity contribution in [3.05, 3.63) is 47.0 Å². The molecular weight excluding hydrogens is 253 g/mol. The molecule has 0 fully saturated rings. The molecule has 2 rings (SSSR count). The zero-order chi connectivity index (χ0) is 14.0. The predicted octanol–water partition coefficient (Wildman–Crippen LogP) is -0.337. The van der Waals surface area contributed by atoms with E-state index in [0.29, 0.717) is 0 Å². The molecule has 0 unspecified atom stereocenters. The van der Waals surface area contributed by atoms with Crippen LogP contribution in [0.4, 0.5) is 4.39 Å². The number of amides is 2. The maximum Gasteiger partial charge on any atom is 0.271 e. The summed E-state index contributed by atoms with van der Waals surface area (Å²) in [5.41, 5.74) is 9.91. The summed E-state index contributed by atoms with van der Waals surface area (Å²) < 4.78 is 14.5. The Bertz CT molecular complexity index is 652. The SMILES string of the molecule is NC(=O)c1nnn(Cc2ccccc2F)c1C(N)=O. The normalized spacial score (nSPS) is 10.4. The van der Waals surface area contributed by atoms with Crippen LogP contribution in [0.1, 0.15) is 26.5 Å². The van der Waals surface area contributed by atoms with Gasteiger partial charge in [-0.1, -0.05) is 23.4 Å². The van der Waals surface area contributed by atoms with Crippen molar-refractivity contribution in [2.75, 3.05) is 0 Å². The van der Waals surface area contributed by atoms with Gasteiger partial charge in [0, 0.05) is 5.56 Å². The molecule has 0 aliphatic carbocycles. The molecule has 1 aromatic carbocycles. The van der Waals surface area contributed by atoms with Crippen LogP contribution in [0.5, 0.6) is 0 Å². The monoisotopic (exact) mass is 263 g/mol. The summed E-state index contributed by atoms with van der Waals surface area (Å²) in [5, 5.41) is 7.07. The van der Waals surface area contributed by atoms with Gasteiger partial charge in [-0.25, -0.2) is 9.07 Å². The van der Waals surface area contributed by atoms with Crippen LogP contribution in [0.3, 0.4) is 0 Å². The number of nitrogens with two attached hydrogens (primary N) is 2. The van der Waals surface area contributed by atoms with Gasteiger partial charge in [-0.3, -0.25) is 9.59 Å². The van der Waals surface area contributed by atoms with Crippen molar-refractivity contribution in [1.82, 2.24) is 15.0 Å². The number of carbonyl (C=O) groups is 2. The zero-order valence-corrected chi connectivity index (χ0v) is 9.71. The second-order valence-corrected chi connectivity index (χ2v) is 3.76. The number of aromatic nitrogens is 3. The summed E-state index contributed by atoms with van der Waals surface area (Å²) in [7, 11) is 0. The van der Waals surface area contributed by atoms with Gasteiger partial charge >= 0.3 is 0 Å². The molecule has 8 heteroatoms. The second kappa shape index (κ2) is 4.84. The van der Waals surface area contributed by atoms with Gasteiger partial charge in [-0.05, 0) is 6.07 Å². The number of halogens is 1. The highest BCUT2D eigenvalue weighted by Crippen LogP contribution is 2.11. The summed E-state index contributed by atoms with van der Waals surface area (Å²) in [6, 6.07) is 5.95. The molecule has 0 bridgehead atoms. The Morgan fingerprint density at radius 2 is 1.89 bits per heavy atom. The fourth-order valence-electron chi connectivity index (χ4n) is 1.62. The number of primary amides is 2. The van der Waals surface area contributed by atoms with Crippen LogP contribution in [0.25, 0.3) is 0 Å². The first kappa shape index (κ1) is 12.7. The van der Waals surface area contributed by atoms with Crippen LogP contribution >= 0.6 is 0 Å². The van der Waals surface area contributed by atoms with Crippen molar-refractivity contribution in [3.63, 3.8) is 0 Å². The molecule has 1 heterocycles. The molecule has 0 atom stereocenters. The van der Waals surface area contributed by atoms with Gasteiger partial charge in [0.05, 0.1) is 6.54 Å².